The maximum absolute atomic E-state index is 4.71. The van der Waals surface area contributed by atoms with Gasteiger partial charge in [0.1, 0.15) is 4.83 Å². The average Bonchev–Trinajstić information content (AvgIpc) is 3.13. The molecule has 124 valence electrons. The molecule has 0 fully saturated rings. The van der Waals surface area contributed by atoms with E-state index in [2.05, 4.69) is 59.6 Å². The summed E-state index contributed by atoms with van der Waals surface area (Å²) in [5.74, 6) is 0. The van der Waals surface area contributed by atoms with E-state index >= 15 is 0 Å². The first-order valence-corrected chi connectivity index (χ1v) is 9.83. The van der Waals surface area contributed by atoms with Crippen LogP contribution in [0.3, 0.4) is 0 Å². The normalized spacial score (nSPS) is 12.4. The van der Waals surface area contributed by atoms with Crippen molar-refractivity contribution in [3.8, 4) is 11.3 Å². The van der Waals surface area contributed by atoms with Crippen molar-refractivity contribution < 1.29 is 0 Å². The number of pyridine rings is 2. The van der Waals surface area contributed by atoms with E-state index in [-0.39, 0.29) is 0 Å². The zero-order valence-electron chi connectivity index (χ0n) is 14.2. The molecule has 0 N–H and O–H groups in total. The second-order valence-electron chi connectivity index (χ2n) is 7.05. The predicted octanol–water partition coefficient (Wildman–Crippen LogP) is 6.85. The van der Waals surface area contributed by atoms with E-state index in [1.807, 2.05) is 18.5 Å². The highest BCUT2D eigenvalue weighted by atomic mass is 32.1. The maximum Gasteiger partial charge on any atom is 0.125 e. The first-order valence-electron chi connectivity index (χ1n) is 9.01. The molecule has 3 heterocycles. The molecule has 7 rings (SSSR count). The Balaban J connectivity index is 1.87. The van der Waals surface area contributed by atoms with Crippen molar-refractivity contribution in [3.63, 3.8) is 0 Å². The zero-order valence-corrected chi connectivity index (χ0v) is 15.0. The van der Waals surface area contributed by atoms with Crippen LogP contribution in [0.4, 0.5) is 0 Å². The molecule has 0 aliphatic rings. The van der Waals surface area contributed by atoms with Crippen LogP contribution in [0.5, 0.6) is 0 Å². The second-order valence-corrected chi connectivity index (χ2v) is 8.05. The van der Waals surface area contributed by atoms with Crippen LogP contribution in [0.25, 0.3) is 63.9 Å². The number of benzene rings is 4. The molecule has 0 bridgehead atoms. The summed E-state index contributed by atoms with van der Waals surface area (Å²) in [6.45, 7) is 0. The van der Waals surface area contributed by atoms with E-state index in [4.69, 9.17) is 4.98 Å². The van der Waals surface area contributed by atoms with Crippen LogP contribution in [-0.4, -0.2) is 9.97 Å². The van der Waals surface area contributed by atoms with Crippen molar-refractivity contribution in [1.29, 1.82) is 0 Å². The second kappa shape index (κ2) is 4.70. The minimum absolute atomic E-state index is 1.02. The number of hydrogen-bond acceptors (Lipinski definition) is 3. The molecule has 0 aliphatic heterocycles. The summed E-state index contributed by atoms with van der Waals surface area (Å²) < 4.78 is 1.29. The molecule has 27 heavy (non-hydrogen) atoms. The Morgan fingerprint density at radius 1 is 0.630 bits per heavy atom. The quantitative estimate of drug-likeness (QED) is 0.236. The van der Waals surface area contributed by atoms with Crippen molar-refractivity contribution in [2.75, 3.05) is 0 Å². The summed E-state index contributed by atoms with van der Waals surface area (Å²) in [5.41, 5.74) is 2.22. The third kappa shape index (κ3) is 1.61. The fraction of sp³-hybridized carbons (Fsp3) is 0. The molecule has 0 aliphatic carbocycles. The highest BCUT2D eigenvalue weighted by Crippen LogP contribution is 2.50. The van der Waals surface area contributed by atoms with Gasteiger partial charge >= 0.3 is 0 Å². The van der Waals surface area contributed by atoms with Crippen LogP contribution in [0.1, 0.15) is 0 Å². The number of nitrogens with zero attached hydrogens (tertiary/aromatic N) is 2. The number of aromatic nitrogens is 2. The van der Waals surface area contributed by atoms with Crippen LogP contribution < -0.4 is 0 Å². The number of thiophene rings is 1. The van der Waals surface area contributed by atoms with Gasteiger partial charge in [0.15, 0.2) is 0 Å². The fourth-order valence-electron chi connectivity index (χ4n) is 4.62. The van der Waals surface area contributed by atoms with Crippen molar-refractivity contribution in [2.24, 2.45) is 0 Å². The van der Waals surface area contributed by atoms with Gasteiger partial charge in [0, 0.05) is 33.4 Å². The Bertz CT molecular complexity index is 1610. The van der Waals surface area contributed by atoms with E-state index in [1.165, 1.54) is 53.4 Å². The van der Waals surface area contributed by atoms with Crippen LogP contribution in [0, 0.1) is 0 Å². The van der Waals surface area contributed by atoms with Gasteiger partial charge in [-0.2, -0.15) is 0 Å². The van der Waals surface area contributed by atoms with Crippen molar-refractivity contribution in [2.45, 2.75) is 0 Å². The Hall–Kier alpha value is -3.30. The molecule has 2 nitrogen and oxygen atoms in total. The SMILES string of the molecule is c1ccc(-c2cc3ccc4cccc5c6ccnc7sc2c(c76)c3c45)nc1. The van der Waals surface area contributed by atoms with Crippen molar-refractivity contribution in [1.82, 2.24) is 9.97 Å². The van der Waals surface area contributed by atoms with Crippen molar-refractivity contribution >= 4 is 64.0 Å². The molecular weight excluding hydrogens is 348 g/mol. The van der Waals surface area contributed by atoms with Gasteiger partial charge in [-0.25, -0.2) is 4.98 Å². The molecule has 3 heteroatoms. The standard InChI is InChI=1S/C24H12N2S/c1-2-10-25-18(6-1)17-12-14-8-7-13-4-3-5-15-16-9-11-26-24-21(16)22(23(17)27-24)20(14)19(13)15/h1-12H. The third-order valence-corrected chi connectivity index (χ3v) is 6.83. The van der Waals surface area contributed by atoms with E-state index in [1.54, 1.807) is 11.3 Å². The van der Waals surface area contributed by atoms with Gasteiger partial charge in [0.25, 0.3) is 0 Å². The number of fused-ring (bicyclic) bond motifs is 1. The summed E-state index contributed by atoms with van der Waals surface area (Å²) in [6.07, 6.45) is 3.81. The first-order chi connectivity index (χ1) is 13.4. The number of rotatable bonds is 1. The van der Waals surface area contributed by atoms with Crippen LogP contribution >= 0.6 is 11.3 Å². The molecule has 0 atom stereocenters. The smallest absolute Gasteiger partial charge is 0.125 e. The lowest BCUT2D eigenvalue weighted by molar-refractivity contribution is 1.34. The van der Waals surface area contributed by atoms with Crippen LogP contribution in [0.15, 0.2) is 73.1 Å². The Labute approximate surface area is 158 Å². The summed E-state index contributed by atoms with van der Waals surface area (Å²) >= 11 is 1.79. The van der Waals surface area contributed by atoms with Crippen molar-refractivity contribution in [3.05, 3.63) is 73.1 Å². The van der Waals surface area contributed by atoms with Gasteiger partial charge < -0.3 is 0 Å². The maximum atomic E-state index is 4.71. The lowest BCUT2D eigenvalue weighted by Crippen LogP contribution is -1.89. The summed E-state index contributed by atoms with van der Waals surface area (Å²) in [4.78, 5) is 10.5. The molecule has 3 aromatic heterocycles. The van der Waals surface area contributed by atoms with Gasteiger partial charge in [-0.3, -0.25) is 4.98 Å². The lowest BCUT2D eigenvalue weighted by Gasteiger charge is -2.15. The summed E-state index contributed by atoms with van der Waals surface area (Å²) in [5, 5.41) is 10.6. The Kier molecular flexibility index (Phi) is 2.41. The predicted molar refractivity (Wildman–Crippen MR) is 115 cm³/mol. The zero-order chi connectivity index (χ0) is 17.5. The molecule has 0 spiro atoms. The number of hydrogen-bond donors (Lipinski definition) is 0. The van der Waals surface area contributed by atoms with Gasteiger partial charge in [-0.05, 0) is 56.6 Å². The topological polar surface area (TPSA) is 25.8 Å². The molecule has 7 aromatic rings. The molecule has 0 amide bonds. The van der Waals surface area contributed by atoms with Crippen LogP contribution in [0.2, 0.25) is 0 Å². The Morgan fingerprint density at radius 3 is 2.48 bits per heavy atom. The Morgan fingerprint density at radius 2 is 1.56 bits per heavy atom. The average molecular weight is 360 g/mol. The molecule has 4 aromatic carbocycles. The molecule has 0 saturated heterocycles. The largest absolute Gasteiger partial charge is 0.256 e. The van der Waals surface area contributed by atoms with Crippen LogP contribution in [-0.2, 0) is 0 Å². The molecule has 0 unspecified atom stereocenters. The molecular formula is C24H12N2S. The highest BCUT2D eigenvalue weighted by molar-refractivity contribution is 7.26. The minimum Gasteiger partial charge on any atom is -0.256 e. The van der Waals surface area contributed by atoms with Gasteiger partial charge in [0.05, 0.1) is 5.69 Å². The van der Waals surface area contributed by atoms with Gasteiger partial charge in [0.2, 0.25) is 0 Å². The van der Waals surface area contributed by atoms with E-state index in [9.17, 15) is 0 Å². The van der Waals surface area contributed by atoms with Gasteiger partial charge in [-0.15, -0.1) is 11.3 Å². The third-order valence-electron chi connectivity index (χ3n) is 5.70. The highest BCUT2D eigenvalue weighted by Gasteiger charge is 2.22. The molecule has 0 radical (unpaired) electrons. The fourth-order valence-corrected chi connectivity index (χ4v) is 5.82. The van der Waals surface area contributed by atoms with Gasteiger partial charge in [-0.1, -0.05) is 36.4 Å². The monoisotopic (exact) mass is 360 g/mol. The van der Waals surface area contributed by atoms with E-state index < -0.39 is 0 Å². The lowest BCUT2D eigenvalue weighted by atomic mass is 9.88. The first kappa shape index (κ1) is 13.8. The summed E-state index contributed by atoms with van der Waals surface area (Å²) in [6, 6.07) is 21.7. The van der Waals surface area contributed by atoms with E-state index in [0.717, 1.165) is 10.5 Å². The summed E-state index contributed by atoms with van der Waals surface area (Å²) in [7, 11) is 0. The van der Waals surface area contributed by atoms with E-state index in [0.29, 0.717) is 0 Å². The molecule has 0 saturated carbocycles. The minimum atomic E-state index is 1.02.